The van der Waals surface area contributed by atoms with Gasteiger partial charge in [-0.2, -0.15) is 0 Å². The minimum Gasteiger partial charge on any atom is -0.472 e. The molecular weight excluding hydrogens is 425 g/mol. The van der Waals surface area contributed by atoms with Gasteiger partial charge >= 0.3 is 0 Å². The lowest BCUT2D eigenvalue weighted by Crippen LogP contribution is -2.50. The second-order valence-electron chi connectivity index (χ2n) is 8.33. The molecule has 1 aliphatic rings. The van der Waals surface area contributed by atoms with Crippen molar-refractivity contribution in [3.63, 3.8) is 0 Å². The Morgan fingerprint density at radius 3 is 2.79 bits per heavy atom. The van der Waals surface area contributed by atoms with Gasteiger partial charge in [-0.15, -0.1) is 0 Å². The van der Waals surface area contributed by atoms with Crippen molar-refractivity contribution in [1.29, 1.82) is 0 Å². The fourth-order valence-electron chi connectivity index (χ4n) is 3.49. The summed E-state index contributed by atoms with van der Waals surface area (Å²) >= 11 is 0. The molecule has 0 unspecified atom stereocenters. The molecule has 2 heterocycles. The van der Waals surface area contributed by atoms with Gasteiger partial charge in [-0.05, 0) is 25.1 Å². The second-order valence-corrected chi connectivity index (χ2v) is 8.33. The van der Waals surface area contributed by atoms with Gasteiger partial charge in [0.25, 0.3) is 5.91 Å². The molecule has 2 amide bonds. The van der Waals surface area contributed by atoms with Crippen LogP contribution in [0.2, 0.25) is 0 Å². The molecule has 0 fully saturated rings. The summed E-state index contributed by atoms with van der Waals surface area (Å²) in [7, 11) is 1.69. The molecule has 2 aromatic rings. The van der Waals surface area contributed by atoms with Gasteiger partial charge in [-0.25, -0.2) is 9.37 Å². The number of hydrogen-bond acceptors (Lipinski definition) is 5. The van der Waals surface area contributed by atoms with Crippen molar-refractivity contribution in [3.8, 4) is 17.7 Å². The zero-order chi connectivity index (χ0) is 24.1. The Morgan fingerprint density at radius 2 is 2.12 bits per heavy atom. The molecule has 1 aromatic carbocycles. The lowest BCUT2D eigenvalue weighted by molar-refractivity contribution is -0.129. The molecule has 0 radical (unpaired) electrons. The van der Waals surface area contributed by atoms with Crippen LogP contribution in [0.5, 0.6) is 5.88 Å². The molecule has 0 saturated carbocycles. The summed E-state index contributed by atoms with van der Waals surface area (Å²) in [4.78, 5) is 32.6. The van der Waals surface area contributed by atoms with Gasteiger partial charge in [0.05, 0.1) is 24.8 Å². The number of aromatic nitrogens is 1. The van der Waals surface area contributed by atoms with E-state index in [1.165, 1.54) is 19.2 Å². The van der Waals surface area contributed by atoms with Crippen LogP contribution in [-0.4, -0.2) is 70.6 Å². The first-order chi connectivity index (χ1) is 15.7. The number of aliphatic hydroxyl groups excluding tert-OH is 1. The zero-order valence-electron chi connectivity index (χ0n) is 19.2. The van der Waals surface area contributed by atoms with Crippen LogP contribution in [0.1, 0.15) is 42.3 Å². The normalized spacial score (nSPS) is 18.7. The smallest absolute Gasteiger partial charge is 0.259 e. The number of carbonyl (C=O) groups is 2. The standard InChI is InChI=1S/C25H28FN3O4/c1-16-13-29(17(2)15-30)25(32)21-11-19(9-10-20-7-5-6-8-22(20)26)12-27-24(21)33-23(16)14-28(4)18(3)31/h5-8,11-12,16-17,23,30H,13-15H2,1-4H3/t16-,17+,23-/m0/s1. The van der Waals surface area contributed by atoms with Gasteiger partial charge in [-0.1, -0.05) is 30.9 Å². The number of rotatable bonds is 4. The van der Waals surface area contributed by atoms with E-state index < -0.39 is 18.0 Å². The summed E-state index contributed by atoms with van der Waals surface area (Å²) in [5, 5.41) is 9.72. The van der Waals surface area contributed by atoms with E-state index >= 15 is 0 Å². The highest BCUT2D eigenvalue weighted by Crippen LogP contribution is 2.27. The van der Waals surface area contributed by atoms with Crippen molar-refractivity contribution >= 4 is 11.8 Å². The fourth-order valence-corrected chi connectivity index (χ4v) is 3.49. The molecule has 1 aliphatic heterocycles. The first kappa shape index (κ1) is 24.2. The zero-order valence-corrected chi connectivity index (χ0v) is 19.2. The third-order valence-corrected chi connectivity index (χ3v) is 5.73. The number of nitrogens with zero attached hydrogens (tertiary/aromatic N) is 3. The maximum Gasteiger partial charge on any atom is 0.259 e. The van der Waals surface area contributed by atoms with Crippen molar-refractivity contribution in [3.05, 3.63) is 59.0 Å². The molecule has 1 N–H and O–H groups in total. The summed E-state index contributed by atoms with van der Waals surface area (Å²) < 4.78 is 20.0. The minimum atomic E-state index is -0.432. The number of pyridine rings is 1. The quantitative estimate of drug-likeness (QED) is 0.719. The number of fused-ring (bicyclic) bond motifs is 1. The van der Waals surface area contributed by atoms with Crippen LogP contribution >= 0.6 is 0 Å². The average Bonchev–Trinajstić information content (AvgIpc) is 2.80. The summed E-state index contributed by atoms with van der Waals surface area (Å²) in [5.74, 6) is 4.76. The molecule has 0 bridgehead atoms. The maximum absolute atomic E-state index is 13.9. The Balaban J connectivity index is 2.02. The van der Waals surface area contributed by atoms with Crippen molar-refractivity contribution in [2.75, 3.05) is 26.7 Å². The van der Waals surface area contributed by atoms with Crippen molar-refractivity contribution < 1.29 is 23.8 Å². The lowest BCUT2D eigenvalue weighted by atomic mass is 10.00. The third kappa shape index (κ3) is 5.68. The Bertz CT molecular complexity index is 1090. The predicted molar refractivity (Wildman–Crippen MR) is 121 cm³/mol. The summed E-state index contributed by atoms with van der Waals surface area (Å²) in [5.41, 5.74) is 0.873. The van der Waals surface area contributed by atoms with Gasteiger partial charge in [0, 0.05) is 38.2 Å². The number of hydrogen-bond donors (Lipinski definition) is 1. The average molecular weight is 454 g/mol. The van der Waals surface area contributed by atoms with E-state index in [2.05, 4.69) is 16.8 Å². The van der Waals surface area contributed by atoms with Crippen molar-refractivity contribution in [1.82, 2.24) is 14.8 Å². The van der Waals surface area contributed by atoms with E-state index in [0.717, 1.165) is 0 Å². The molecule has 3 atom stereocenters. The molecule has 3 rings (SSSR count). The van der Waals surface area contributed by atoms with Crippen LogP contribution in [0.15, 0.2) is 36.5 Å². The molecule has 1 aromatic heterocycles. The van der Waals surface area contributed by atoms with Crippen molar-refractivity contribution in [2.45, 2.75) is 32.9 Å². The van der Waals surface area contributed by atoms with E-state index in [0.29, 0.717) is 18.7 Å². The fraction of sp³-hybridized carbons (Fsp3) is 0.400. The van der Waals surface area contributed by atoms with Gasteiger partial charge in [0.2, 0.25) is 11.8 Å². The molecular formula is C25H28FN3O4. The van der Waals surface area contributed by atoms with Gasteiger partial charge in [0.15, 0.2) is 0 Å². The first-order valence-electron chi connectivity index (χ1n) is 10.8. The second kappa shape index (κ2) is 10.5. The highest BCUT2D eigenvalue weighted by atomic mass is 19.1. The molecule has 8 heteroatoms. The third-order valence-electron chi connectivity index (χ3n) is 5.73. The Kier molecular flexibility index (Phi) is 7.67. The van der Waals surface area contributed by atoms with Gasteiger partial charge in [0.1, 0.15) is 17.5 Å². The highest BCUT2D eigenvalue weighted by molar-refractivity contribution is 5.97. The number of likely N-dealkylation sites (N-methyl/N-ethyl adjacent to an activating group) is 1. The minimum absolute atomic E-state index is 0.100. The first-order valence-corrected chi connectivity index (χ1v) is 10.8. The van der Waals surface area contributed by atoms with Gasteiger partial charge in [-0.3, -0.25) is 9.59 Å². The number of carbonyl (C=O) groups excluding carboxylic acids is 2. The van der Waals surface area contributed by atoms with E-state index in [4.69, 9.17) is 4.74 Å². The molecule has 174 valence electrons. The number of amides is 2. The molecule has 0 saturated heterocycles. The summed E-state index contributed by atoms with van der Waals surface area (Å²) in [6, 6.07) is 7.31. The van der Waals surface area contributed by atoms with E-state index in [9.17, 15) is 19.1 Å². The molecule has 0 spiro atoms. The Morgan fingerprint density at radius 1 is 1.39 bits per heavy atom. The van der Waals surface area contributed by atoms with Crippen LogP contribution in [0.25, 0.3) is 0 Å². The monoisotopic (exact) mass is 453 g/mol. The van der Waals surface area contributed by atoms with Crippen LogP contribution in [0.4, 0.5) is 4.39 Å². The number of aliphatic hydroxyl groups is 1. The van der Waals surface area contributed by atoms with Crippen LogP contribution < -0.4 is 4.74 Å². The Labute approximate surface area is 193 Å². The molecule has 0 aliphatic carbocycles. The SMILES string of the molecule is CC(=O)N(C)C[C@@H]1Oc2ncc(C#Cc3ccccc3F)cc2C(=O)N([C@H](C)CO)C[C@@H]1C. The highest BCUT2D eigenvalue weighted by Gasteiger charge is 2.34. The van der Waals surface area contributed by atoms with Gasteiger partial charge < -0.3 is 19.6 Å². The van der Waals surface area contributed by atoms with E-state index in [1.807, 2.05) is 6.92 Å². The maximum atomic E-state index is 13.9. The van der Waals surface area contributed by atoms with Crippen LogP contribution in [0.3, 0.4) is 0 Å². The van der Waals surface area contributed by atoms with Crippen LogP contribution in [0, 0.1) is 23.6 Å². The van der Waals surface area contributed by atoms with Crippen LogP contribution in [-0.2, 0) is 4.79 Å². The summed E-state index contributed by atoms with van der Waals surface area (Å²) in [6.07, 6.45) is 1.06. The number of ether oxygens (including phenoxy) is 1. The largest absolute Gasteiger partial charge is 0.472 e. The Hall–Kier alpha value is -3.44. The topological polar surface area (TPSA) is 83.0 Å². The van der Waals surface area contributed by atoms with E-state index in [-0.39, 0.29) is 41.3 Å². The lowest BCUT2D eigenvalue weighted by Gasteiger charge is -2.37. The number of halogens is 1. The predicted octanol–water partition coefficient (Wildman–Crippen LogP) is 2.32. The molecule has 7 nitrogen and oxygen atoms in total. The molecule has 33 heavy (non-hydrogen) atoms. The number of benzene rings is 1. The van der Waals surface area contributed by atoms with Crippen molar-refractivity contribution in [2.24, 2.45) is 5.92 Å². The summed E-state index contributed by atoms with van der Waals surface area (Å²) in [6.45, 7) is 5.63. The van der Waals surface area contributed by atoms with E-state index in [1.54, 1.807) is 48.0 Å².